The van der Waals surface area contributed by atoms with Crippen LogP contribution in [0.1, 0.15) is 39.2 Å². The van der Waals surface area contributed by atoms with Crippen molar-refractivity contribution in [3.63, 3.8) is 0 Å². The Kier molecular flexibility index (Phi) is 6.91. The summed E-state index contributed by atoms with van der Waals surface area (Å²) in [6, 6.07) is 8.58. The largest absolute Gasteiger partial charge is 0.444 e. The Morgan fingerprint density at radius 1 is 1.20 bits per heavy atom. The van der Waals surface area contributed by atoms with Gasteiger partial charge in [0.2, 0.25) is 0 Å². The molecule has 0 bridgehead atoms. The number of ether oxygens (including phenoxy) is 1. The minimum Gasteiger partial charge on any atom is -0.444 e. The predicted molar refractivity (Wildman–Crippen MR) is 119 cm³/mol. The van der Waals surface area contributed by atoms with Crippen molar-refractivity contribution in [1.29, 1.82) is 0 Å². The normalized spacial score (nSPS) is 21.9. The number of alkyl carbamates (subject to hydrolysis) is 1. The monoisotopic (exact) mass is 416 g/mol. The number of carbonyl (C=O) groups excluding carboxylic acids is 2. The van der Waals surface area contributed by atoms with E-state index >= 15 is 0 Å². The van der Waals surface area contributed by atoms with Crippen LogP contribution in [0.25, 0.3) is 0 Å². The van der Waals surface area contributed by atoms with E-state index in [1.54, 1.807) is 0 Å². The van der Waals surface area contributed by atoms with E-state index in [2.05, 4.69) is 30.4 Å². The minimum absolute atomic E-state index is 0.0657. The molecule has 166 valence electrons. The van der Waals surface area contributed by atoms with Crippen LogP contribution in [0.4, 0.5) is 15.3 Å². The van der Waals surface area contributed by atoms with Crippen LogP contribution in [-0.4, -0.2) is 73.8 Å². The maximum atomic E-state index is 13.5. The molecule has 2 aliphatic heterocycles. The molecule has 0 aliphatic carbocycles. The summed E-state index contributed by atoms with van der Waals surface area (Å²) in [5, 5.41) is 2.87. The van der Waals surface area contributed by atoms with Gasteiger partial charge < -0.3 is 19.9 Å². The van der Waals surface area contributed by atoms with Gasteiger partial charge in [-0.25, -0.2) is 9.59 Å². The number of piperidine rings is 1. The van der Waals surface area contributed by atoms with Crippen molar-refractivity contribution < 1.29 is 14.3 Å². The fourth-order valence-electron chi connectivity index (χ4n) is 4.22. The summed E-state index contributed by atoms with van der Waals surface area (Å²) in [6.45, 7) is 8.18. The summed E-state index contributed by atoms with van der Waals surface area (Å²) in [5.74, 6) is 0.236. The molecular formula is C23H36N4O3. The van der Waals surface area contributed by atoms with Crippen LogP contribution in [0.2, 0.25) is 0 Å². The number of nitrogens with one attached hydrogen (secondary N) is 1. The third-order valence-corrected chi connectivity index (χ3v) is 5.82. The van der Waals surface area contributed by atoms with Crippen LogP contribution in [-0.2, 0) is 11.2 Å². The Hall–Kier alpha value is -2.28. The van der Waals surface area contributed by atoms with Crippen molar-refractivity contribution in [1.82, 2.24) is 15.1 Å². The van der Waals surface area contributed by atoms with Gasteiger partial charge in [0.05, 0.1) is 0 Å². The average molecular weight is 417 g/mol. The summed E-state index contributed by atoms with van der Waals surface area (Å²) in [6.07, 6.45) is 2.50. The topological polar surface area (TPSA) is 65.1 Å². The van der Waals surface area contributed by atoms with E-state index in [1.807, 2.05) is 48.8 Å². The van der Waals surface area contributed by atoms with Gasteiger partial charge in [0.1, 0.15) is 5.60 Å². The first-order chi connectivity index (χ1) is 14.1. The first kappa shape index (κ1) is 22.4. The van der Waals surface area contributed by atoms with Crippen molar-refractivity contribution in [3.05, 3.63) is 29.8 Å². The minimum atomic E-state index is -0.511. The van der Waals surface area contributed by atoms with Gasteiger partial charge in [-0.1, -0.05) is 18.2 Å². The molecule has 0 unspecified atom stereocenters. The fourth-order valence-corrected chi connectivity index (χ4v) is 4.22. The smallest absolute Gasteiger partial charge is 0.407 e. The highest BCUT2D eigenvalue weighted by Gasteiger charge is 2.34. The van der Waals surface area contributed by atoms with E-state index < -0.39 is 11.7 Å². The number of likely N-dealkylation sites (N-methyl/N-ethyl adjacent to an activating group) is 1. The molecular weight excluding hydrogens is 380 g/mol. The standard InChI is InChI=1S/C23H36N4O3/c1-23(2,3)30-21(28)24-14-17-9-8-12-26(15-17)22(29)27-16-19(25(4)5)13-18-10-6-7-11-20(18)27/h6-7,10-11,17,19H,8-9,12-16H2,1-5H3,(H,24,28)/t17-,19-/m1/s1. The summed E-state index contributed by atoms with van der Waals surface area (Å²) in [5.41, 5.74) is 1.73. The fraction of sp³-hybridized carbons (Fsp3) is 0.652. The van der Waals surface area contributed by atoms with Crippen LogP contribution in [0.5, 0.6) is 0 Å². The molecule has 7 nitrogen and oxygen atoms in total. The van der Waals surface area contributed by atoms with E-state index in [-0.39, 0.29) is 11.9 Å². The van der Waals surface area contributed by atoms with Gasteiger partial charge in [-0.05, 0) is 71.7 Å². The molecule has 0 spiro atoms. The second-order valence-electron chi connectivity index (χ2n) is 9.68. The first-order valence-corrected chi connectivity index (χ1v) is 10.9. The van der Waals surface area contributed by atoms with E-state index in [9.17, 15) is 9.59 Å². The van der Waals surface area contributed by atoms with Crippen molar-refractivity contribution in [2.75, 3.05) is 45.2 Å². The molecule has 1 aromatic carbocycles. The molecule has 0 aromatic heterocycles. The SMILES string of the molecule is CN(C)[C@@H]1Cc2ccccc2N(C(=O)N2CCC[C@H](CNC(=O)OC(C)(C)C)C2)C1. The van der Waals surface area contributed by atoms with Crippen LogP contribution in [0, 0.1) is 5.92 Å². The highest BCUT2D eigenvalue weighted by atomic mass is 16.6. The number of likely N-dealkylation sites (tertiary alicyclic amines) is 1. The molecule has 30 heavy (non-hydrogen) atoms. The Bertz CT molecular complexity index is 759. The van der Waals surface area contributed by atoms with Crippen molar-refractivity contribution in [2.24, 2.45) is 5.92 Å². The number of benzene rings is 1. The second kappa shape index (κ2) is 9.25. The molecule has 2 heterocycles. The van der Waals surface area contributed by atoms with Crippen molar-refractivity contribution in [3.8, 4) is 0 Å². The summed E-state index contributed by atoms with van der Waals surface area (Å²) >= 11 is 0. The first-order valence-electron chi connectivity index (χ1n) is 10.9. The molecule has 1 fully saturated rings. The number of amides is 3. The second-order valence-corrected chi connectivity index (χ2v) is 9.68. The number of nitrogens with zero attached hydrogens (tertiary/aromatic N) is 3. The van der Waals surface area contributed by atoms with Crippen LogP contribution in [0.15, 0.2) is 24.3 Å². The van der Waals surface area contributed by atoms with Crippen LogP contribution < -0.4 is 10.2 Å². The van der Waals surface area contributed by atoms with E-state index in [4.69, 9.17) is 4.74 Å². The van der Waals surface area contributed by atoms with Gasteiger partial charge in [0.25, 0.3) is 0 Å². The number of carbonyl (C=O) groups is 2. The molecule has 3 amide bonds. The Morgan fingerprint density at radius 2 is 1.93 bits per heavy atom. The zero-order valence-electron chi connectivity index (χ0n) is 19.0. The highest BCUT2D eigenvalue weighted by molar-refractivity contribution is 5.93. The molecule has 0 saturated carbocycles. The quantitative estimate of drug-likeness (QED) is 0.821. The molecule has 2 aliphatic rings. The number of anilines is 1. The van der Waals surface area contributed by atoms with Crippen molar-refractivity contribution in [2.45, 2.75) is 51.7 Å². The van der Waals surface area contributed by atoms with Gasteiger partial charge >= 0.3 is 12.1 Å². The number of fused-ring (bicyclic) bond motifs is 1. The van der Waals surface area contributed by atoms with Crippen LogP contribution >= 0.6 is 0 Å². The average Bonchev–Trinajstić information content (AvgIpc) is 2.70. The molecule has 1 N–H and O–H groups in total. The highest BCUT2D eigenvalue weighted by Crippen LogP contribution is 2.30. The van der Waals surface area contributed by atoms with Gasteiger partial charge in [-0.15, -0.1) is 0 Å². The molecule has 0 radical (unpaired) electrons. The van der Waals surface area contributed by atoms with Crippen LogP contribution in [0.3, 0.4) is 0 Å². The number of rotatable bonds is 3. The molecule has 3 rings (SSSR count). The number of para-hydroxylation sites is 1. The van der Waals surface area contributed by atoms with E-state index in [1.165, 1.54) is 5.56 Å². The van der Waals surface area contributed by atoms with Gasteiger partial charge in [-0.3, -0.25) is 4.90 Å². The number of hydrogen-bond donors (Lipinski definition) is 1. The zero-order chi connectivity index (χ0) is 21.9. The lowest BCUT2D eigenvalue weighted by Crippen LogP contribution is -2.54. The van der Waals surface area contributed by atoms with Crippen molar-refractivity contribution >= 4 is 17.8 Å². The summed E-state index contributed by atoms with van der Waals surface area (Å²) in [4.78, 5) is 31.5. The lowest BCUT2D eigenvalue weighted by Gasteiger charge is -2.41. The number of urea groups is 1. The van der Waals surface area contributed by atoms with Gasteiger partial charge in [0, 0.05) is 37.9 Å². The maximum absolute atomic E-state index is 13.5. The predicted octanol–water partition coefficient (Wildman–Crippen LogP) is 3.34. The lowest BCUT2D eigenvalue weighted by atomic mass is 9.96. The Morgan fingerprint density at radius 3 is 2.63 bits per heavy atom. The third kappa shape index (κ3) is 5.65. The molecule has 7 heteroatoms. The lowest BCUT2D eigenvalue weighted by molar-refractivity contribution is 0.0511. The van der Waals surface area contributed by atoms with E-state index in [0.717, 1.165) is 31.5 Å². The molecule has 1 aromatic rings. The molecule has 2 atom stereocenters. The molecule has 1 saturated heterocycles. The Labute approximate surface area is 180 Å². The Balaban J connectivity index is 1.64. The number of hydrogen-bond acceptors (Lipinski definition) is 4. The van der Waals surface area contributed by atoms with Gasteiger partial charge in [0.15, 0.2) is 0 Å². The third-order valence-electron chi connectivity index (χ3n) is 5.82. The van der Waals surface area contributed by atoms with Gasteiger partial charge in [-0.2, -0.15) is 0 Å². The zero-order valence-corrected chi connectivity index (χ0v) is 19.0. The summed E-state index contributed by atoms with van der Waals surface area (Å²) < 4.78 is 5.33. The summed E-state index contributed by atoms with van der Waals surface area (Å²) in [7, 11) is 4.14. The van der Waals surface area contributed by atoms with E-state index in [0.29, 0.717) is 25.7 Å². The maximum Gasteiger partial charge on any atom is 0.407 e.